The highest BCUT2D eigenvalue weighted by atomic mass is 127. The summed E-state index contributed by atoms with van der Waals surface area (Å²) in [6.07, 6.45) is 0. The molecule has 0 bridgehead atoms. The molecule has 1 rings (SSSR count). The number of halogens is 3. The third-order valence-corrected chi connectivity index (χ3v) is 2.81. The first-order valence-electron chi connectivity index (χ1n) is 4.63. The van der Waals surface area contributed by atoms with Crippen molar-refractivity contribution < 1.29 is 13.6 Å². The van der Waals surface area contributed by atoms with Crippen molar-refractivity contribution in [3.05, 3.63) is 32.9 Å². The highest BCUT2D eigenvalue weighted by Gasteiger charge is 2.13. The molecule has 2 N–H and O–H groups in total. The Balaban J connectivity index is 2.79. The van der Waals surface area contributed by atoms with Gasteiger partial charge in [-0.2, -0.15) is 0 Å². The van der Waals surface area contributed by atoms with E-state index in [4.69, 9.17) is 0 Å². The summed E-state index contributed by atoms with van der Waals surface area (Å²) in [6, 6.07) is 1.91. The molecule has 16 heavy (non-hydrogen) atoms. The second-order valence-electron chi connectivity index (χ2n) is 3.11. The van der Waals surface area contributed by atoms with Gasteiger partial charge in [0.15, 0.2) is 11.6 Å². The van der Waals surface area contributed by atoms with E-state index >= 15 is 0 Å². The summed E-state index contributed by atoms with van der Waals surface area (Å²) < 4.78 is 26.1. The monoisotopic (exact) mass is 340 g/mol. The minimum absolute atomic E-state index is 0.149. The van der Waals surface area contributed by atoms with Crippen LogP contribution in [0.3, 0.4) is 0 Å². The summed E-state index contributed by atoms with van der Waals surface area (Å²) in [7, 11) is 1.76. The second kappa shape index (κ2) is 6.09. The maximum atomic E-state index is 12.9. The van der Waals surface area contributed by atoms with Crippen LogP contribution in [0.4, 0.5) is 8.78 Å². The molecule has 0 saturated heterocycles. The zero-order valence-electron chi connectivity index (χ0n) is 8.61. The molecule has 0 radical (unpaired) electrons. The van der Waals surface area contributed by atoms with Crippen LogP contribution < -0.4 is 10.6 Å². The number of carbonyl (C=O) groups excluding carboxylic acids is 1. The molecule has 0 aliphatic rings. The van der Waals surface area contributed by atoms with Gasteiger partial charge in [-0.25, -0.2) is 8.78 Å². The zero-order chi connectivity index (χ0) is 12.1. The summed E-state index contributed by atoms with van der Waals surface area (Å²) in [6.45, 7) is 1.05. The predicted octanol–water partition coefficient (Wildman–Crippen LogP) is 1.52. The number of hydrogen-bond acceptors (Lipinski definition) is 2. The number of amides is 1. The second-order valence-corrected chi connectivity index (χ2v) is 4.27. The van der Waals surface area contributed by atoms with E-state index in [2.05, 4.69) is 10.6 Å². The minimum Gasteiger partial charge on any atom is -0.351 e. The number of rotatable bonds is 4. The van der Waals surface area contributed by atoms with Crippen LogP contribution in [0.15, 0.2) is 12.1 Å². The number of carbonyl (C=O) groups is 1. The molecule has 0 atom stereocenters. The molecule has 0 unspecified atom stereocenters. The van der Waals surface area contributed by atoms with E-state index in [9.17, 15) is 13.6 Å². The molecule has 0 aromatic heterocycles. The lowest BCUT2D eigenvalue weighted by Crippen LogP contribution is -2.31. The van der Waals surface area contributed by atoms with Crippen molar-refractivity contribution in [1.82, 2.24) is 10.6 Å². The highest BCUT2D eigenvalue weighted by molar-refractivity contribution is 14.1. The van der Waals surface area contributed by atoms with E-state index in [1.807, 2.05) is 0 Å². The van der Waals surface area contributed by atoms with Crippen LogP contribution >= 0.6 is 22.6 Å². The first-order chi connectivity index (χ1) is 7.56. The Morgan fingerprint density at radius 2 is 1.94 bits per heavy atom. The van der Waals surface area contributed by atoms with Crippen LogP contribution in [0.5, 0.6) is 0 Å². The standard InChI is InChI=1S/C10H11F2IN2O/c1-14-2-3-15-10(16)6-4-7(11)8(12)5-9(6)13/h4-5,14H,2-3H2,1H3,(H,15,16). The number of likely N-dealkylation sites (N-methyl/N-ethyl adjacent to an activating group) is 1. The largest absolute Gasteiger partial charge is 0.351 e. The molecule has 1 aromatic carbocycles. The van der Waals surface area contributed by atoms with Crippen molar-refractivity contribution >= 4 is 28.5 Å². The lowest BCUT2D eigenvalue weighted by atomic mass is 10.2. The van der Waals surface area contributed by atoms with Crippen molar-refractivity contribution in [2.45, 2.75) is 0 Å². The molecule has 1 aromatic rings. The minimum atomic E-state index is -1.01. The predicted molar refractivity (Wildman–Crippen MR) is 65.3 cm³/mol. The lowest BCUT2D eigenvalue weighted by molar-refractivity contribution is 0.0952. The maximum absolute atomic E-state index is 12.9. The van der Waals surface area contributed by atoms with Gasteiger partial charge >= 0.3 is 0 Å². The molecular formula is C10H11F2IN2O. The third-order valence-electron chi connectivity index (χ3n) is 1.92. The van der Waals surface area contributed by atoms with Gasteiger partial charge in [-0.3, -0.25) is 4.79 Å². The van der Waals surface area contributed by atoms with Crippen LogP contribution in [0.1, 0.15) is 10.4 Å². The van der Waals surface area contributed by atoms with Gasteiger partial charge in [-0.1, -0.05) is 0 Å². The van der Waals surface area contributed by atoms with E-state index in [1.54, 1.807) is 29.6 Å². The smallest absolute Gasteiger partial charge is 0.252 e. The van der Waals surface area contributed by atoms with Crippen LogP contribution in [-0.2, 0) is 0 Å². The quantitative estimate of drug-likeness (QED) is 0.496. The molecule has 0 spiro atoms. The Morgan fingerprint density at radius 1 is 1.31 bits per heavy atom. The average molecular weight is 340 g/mol. The molecule has 6 heteroatoms. The van der Waals surface area contributed by atoms with Crippen molar-refractivity contribution in [1.29, 1.82) is 0 Å². The van der Waals surface area contributed by atoms with E-state index in [0.29, 0.717) is 16.7 Å². The van der Waals surface area contributed by atoms with Crippen molar-refractivity contribution in [2.24, 2.45) is 0 Å². The first kappa shape index (κ1) is 13.3. The number of nitrogens with one attached hydrogen (secondary N) is 2. The summed E-state index contributed by atoms with van der Waals surface area (Å²) in [5.74, 6) is -2.37. The fourth-order valence-corrected chi connectivity index (χ4v) is 1.77. The van der Waals surface area contributed by atoms with Crippen molar-refractivity contribution in [3.63, 3.8) is 0 Å². The van der Waals surface area contributed by atoms with E-state index in [1.165, 1.54) is 0 Å². The molecule has 3 nitrogen and oxygen atoms in total. The lowest BCUT2D eigenvalue weighted by Gasteiger charge is -2.07. The van der Waals surface area contributed by atoms with Gasteiger partial charge in [-0.05, 0) is 41.8 Å². The molecule has 0 aliphatic heterocycles. The van der Waals surface area contributed by atoms with Crippen LogP contribution in [0.2, 0.25) is 0 Å². The van der Waals surface area contributed by atoms with Gasteiger partial charge in [0.1, 0.15) is 0 Å². The van der Waals surface area contributed by atoms with Gasteiger partial charge < -0.3 is 10.6 Å². The van der Waals surface area contributed by atoms with Gasteiger partial charge in [-0.15, -0.1) is 0 Å². The zero-order valence-corrected chi connectivity index (χ0v) is 10.8. The van der Waals surface area contributed by atoms with Crippen LogP contribution in [0.25, 0.3) is 0 Å². The summed E-state index contributed by atoms with van der Waals surface area (Å²) in [5, 5.41) is 5.45. The first-order valence-corrected chi connectivity index (χ1v) is 5.71. The fraction of sp³-hybridized carbons (Fsp3) is 0.300. The molecule has 1 amide bonds. The van der Waals surface area contributed by atoms with Crippen LogP contribution in [-0.4, -0.2) is 26.0 Å². The van der Waals surface area contributed by atoms with E-state index in [-0.39, 0.29) is 5.56 Å². The summed E-state index contributed by atoms with van der Waals surface area (Å²) in [4.78, 5) is 11.6. The van der Waals surface area contributed by atoms with Crippen LogP contribution in [0, 0.1) is 15.2 Å². The topological polar surface area (TPSA) is 41.1 Å². The molecule has 88 valence electrons. The Morgan fingerprint density at radius 3 is 2.56 bits per heavy atom. The SMILES string of the molecule is CNCCNC(=O)c1cc(F)c(F)cc1I. The van der Waals surface area contributed by atoms with E-state index in [0.717, 1.165) is 12.1 Å². The fourth-order valence-electron chi connectivity index (χ4n) is 1.09. The maximum Gasteiger partial charge on any atom is 0.252 e. The normalized spacial score (nSPS) is 10.2. The highest BCUT2D eigenvalue weighted by Crippen LogP contribution is 2.16. The molecular weight excluding hydrogens is 329 g/mol. The average Bonchev–Trinajstić information content (AvgIpc) is 2.23. The van der Waals surface area contributed by atoms with Gasteiger partial charge in [0.25, 0.3) is 5.91 Å². The molecule has 0 saturated carbocycles. The Hall–Kier alpha value is -0.760. The molecule has 0 heterocycles. The van der Waals surface area contributed by atoms with Gasteiger partial charge in [0, 0.05) is 16.7 Å². The molecule has 0 aliphatic carbocycles. The van der Waals surface area contributed by atoms with Gasteiger partial charge in [0.05, 0.1) is 5.56 Å². The van der Waals surface area contributed by atoms with Crippen molar-refractivity contribution in [3.8, 4) is 0 Å². The number of benzene rings is 1. The Bertz CT molecular complexity index is 399. The Kier molecular flexibility index (Phi) is 5.07. The third kappa shape index (κ3) is 3.38. The number of hydrogen-bond donors (Lipinski definition) is 2. The van der Waals surface area contributed by atoms with Crippen molar-refractivity contribution in [2.75, 3.05) is 20.1 Å². The van der Waals surface area contributed by atoms with E-state index < -0.39 is 17.5 Å². The molecule has 0 fully saturated rings. The summed E-state index contributed by atoms with van der Waals surface area (Å²) >= 11 is 1.80. The Labute approximate surface area is 106 Å². The van der Waals surface area contributed by atoms with Gasteiger partial charge in [0.2, 0.25) is 0 Å². The summed E-state index contributed by atoms with van der Waals surface area (Å²) in [5.41, 5.74) is 0.149.